The molecule has 0 radical (unpaired) electrons. The van der Waals surface area contributed by atoms with Gasteiger partial charge < -0.3 is 16.0 Å². The molecule has 0 saturated carbocycles. The molecule has 1 aromatic carbocycles. The molecule has 1 aliphatic rings. The number of carbonyl (C=O) groups excluding carboxylic acids is 2. The summed E-state index contributed by atoms with van der Waals surface area (Å²) < 4.78 is 0.969. The van der Waals surface area contributed by atoms with Crippen molar-refractivity contribution in [2.24, 2.45) is 5.92 Å². The topological polar surface area (TPSA) is 70.2 Å². The minimum absolute atomic E-state index is 0. The summed E-state index contributed by atoms with van der Waals surface area (Å²) in [6, 6.07) is 5.64. The van der Waals surface area contributed by atoms with Crippen LogP contribution in [-0.4, -0.2) is 31.4 Å². The highest BCUT2D eigenvalue weighted by Gasteiger charge is 2.21. The van der Waals surface area contributed by atoms with Crippen molar-refractivity contribution in [2.45, 2.75) is 19.8 Å². The van der Waals surface area contributed by atoms with Crippen LogP contribution in [0.2, 0.25) is 0 Å². The molecule has 2 rings (SSSR count). The van der Waals surface area contributed by atoms with E-state index in [0.717, 1.165) is 35.1 Å². The summed E-state index contributed by atoms with van der Waals surface area (Å²) in [7, 11) is 0. The fourth-order valence-electron chi connectivity index (χ4n) is 2.35. The summed E-state index contributed by atoms with van der Waals surface area (Å²) in [5, 5.41) is 8.70. The number of rotatable bonds is 4. The third-order valence-corrected chi connectivity index (χ3v) is 4.05. The number of aryl methyl sites for hydroxylation is 1. The first-order valence-corrected chi connectivity index (χ1v) is 7.90. The van der Waals surface area contributed by atoms with Crippen molar-refractivity contribution < 1.29 is 9.59 Å². The van der Waals surface area contributed by atoms with Gasteiger partial charge in [-0.1, -0.05) is 15.9 Å². The zero-order valence-electron chi connectivity index (χ0n) is 12.4. The number of hydrogen-bond acceptors (Lipinski definition) is 3. The summed E-state index contributed by atoms with van der Waals surface area (Å²) in [5.41, 5.74) is 1.73. The first-order valence-electron chi connectivity index (χ1n) is 7.10. The molecule has 1 aliphatic heterocycles. The van der Waals surface area contributed by atoms with E-state index in [4.69, 9.17) is 0 Å². The van der Waals surface area contributed by atoms with E-state index in [-0.39, 0.29) is 36.7 Å². The van der Waals surface area contributed by atoms with Gasteiger partial charge in [-0.15, -0.1) is 12.4 Å². The first-order chi connectivity index (χ1) is 10.1. The zero-order valence-corrected chi connectivity index (χ0v) is 14.9. The maximum absolute atomic E-state index is 11.9. The van der Waals surface area contributed by atoms with Crippen molar-refractivity contribution in [3.05, 3.63) is 28.2 Å². The maximum atomic E-state index is 11.9. The van der Waals surface area contributed by atoms with Gasteiger partial charge >= 0.3 is 0 Å². The Labute approximate surface area is 145 Å². The van der Waals surface area contributed by atoms with Gasteiger partial charge in [-0.2, -0.15) is 0 Å². The normalized spacial score (nSPS) is 17.3. The van der Waals surface area contributed by atoms with Crippen LogP contribution in [-0.2, 0) is 9.59 Å². The van der Waals surface area contributed by atoms with Gasteiger partial charge in [-0.3, -0.25) is 9.59 Å². The number of amides is 2. The van der Waals surface area contributed by atoms with E-state index in [1.54, 1.807) is 0 Å². The molecule has 1 heterocycles. The highest BCUT2D eigenvalue weighted by atomic mass is 79.9. The molecule has 1 saturated heterocycles. The third kappa shape index (κ3) is 5.59. The average molecular weight is 391 g/mol. The van der Waals surface area contributed by atoms with E-state index in [1.807, 2.05) is 25.1 Å². The fourth-order valence-corrected chi connectivity index (χ4v) is 2.82. The Hall–Kier alpha value is -1.11. The summed E-state index contributed by atoms with van der Waals surface area (Å²) in [6.07, 6.45) is 1.88. The number of hydrogen-bond donors (Lipinski definition) is 3. The number of nitrogens with one attached hydrogen (secondary N) is 3. The summed E-state index contributed by atoms with van der Waals surface area (Å²) in [4.78, 5) is 23.8. The van der Waals surface area contributed by atoms with Gasteiger partial charge in [0.1, 0.15) is 0 Å². The molecule has 1 atom stereocenters. The van der Waals surface area contributed by atoms with E-state index in [0.29, 0.717) is 6.54 Å². The molecule has 0 aromatic heterocycles. The molecule has 0 bridgehead atoms. The summed E-state index contributed by atoms with van der Waals surface area (Å²) in [6.45, 7) is 3.59. The lowest BCUT2D eigenvalue weighted by Crippen LogP contribution is -2.42. The number of halogens is 2. The van der Waals surface area contributed by atoms with Crippen LogP contribution in [0.1, 0.15) is 18.4 Å². The third-order valence-electron chi connectivity index (χ3n) is 3.55. The lowest BCUT2D eigenvalue weighted by molar-refractivity contribution is -0.127. The van der Waals surface area contributed by atoms with Crippen LogP contribution in [0.4, 0.5) is 5.69 Å². The monoisotopic (exact) mass is 389 g/mol. The largest absolute Gasteiger partial charge is 0.347 e. The van der Waals surface area contributed by atoms with Crippen LogP contribution in [0.25, 0.3) is 0 Å². The van der Waals surface area contributed by atoms with Crippen molar-refractivity contribution >= 4 is 45.8 Å². The molecule has 22 heavy (non-hydrogen) atoms. The van der Waals surface area contributed by atoms with Gasteiger partial charge in [-0.25, -0.2) is 0 Å². The van der Waals surface area contributed by atoms with Crippen LogP contribution < -0.4 is 16.0 Å². The predicted octanol–water partition coefficient (Wildman–Crippen LogP) is 2.23. The number of benzene rings is 1. The Bertz CT molecular complexity index is 534. The van der Waals surface area contributed by atoms with Gasteiger partial charge in [-0.05, 0) is 50.1 Å². The minimum Gasteiger partial charge on any atom is -0.347 e. The Kier molecular flexibility index (Phi) is 7.85. The number of carbonyl (C=O) groups is 2. The molecule has 0 aliphatic carbocycles. The predicted molar refractivity (Wildman–Crippen MR) is 93.4 cm³/mol. The minimum atomic E-state index is -0.211. The first kappa shape index (κ1) is 18.9. The molecular weight excluding hydrogens is 370 g/mol. The number of anilines is 1. The quantitative estimate of drug-likeness (QED) is 0.738. The fraction of sp³-hybridized carbons (Fsp3) is 0.467. The van der Waals surface area contributed by atoms with Gasteiger partial charge in [0.15, 0.2) is 0 Å². The second-order valence-corrected chi connectivity index (χ2v) is 6.18. The highest BCUT2D eigenvalue weighted by Crippen LogP contribution is 2.19. The second kappa shape index (κ2) is 9.12. The molecule has 1 unspecified atom stereocenters. The molecular formula is C15H21BrClN3O2. The van der Waals surface area contributed by atoms with E-state index >= 15 is 0 Å². The number of piperidine rings is 1. The summed E-state index contributed by atoms with van der Waals surface area (Å²) >= 11 is 3.38. The molecule has 1 fully saturated rings. The van der Waals surface area contributed by atoms with Crippen molar-refractivity contribution in [2.75, 3.05) is 25.0 Å². The standard InChI is InChI=1S/C15H20BrN3O2.ClH/c1-10-7-12(16)4-5-13(10)19-14(20)9-18-15(21)11-3-2-6-17-8-11;/h4-5,7,11,17H,2-3,6,8-9H2,1H3,(H,18,21)(H,19,20);1H. The van der Waals surface area contributed by atoms with Crippen LogP contribution in [0.15, 0.2) is 22.7 Å². The van der Waals surface area contributed by atoms with Gasteiger partial charge in [0.25, 0.3) is 0 Å². The van der Waals surface area contributed by atoms with Crippen molar-refractivity contribution in [1.29, 1.82) is 0 Å². The van der Waals surface area contributed by atoms with E-state index in [9.17, 15) is 9.59 Å². The molecule has 7 heteroatoms. The van der Waals surface area contributed by atoms with Crippen LogP contribution >= 0.6 is 28.3 Å². The molecule has 122 valence electrons. The van der Waals surface area contributed by atoms with E-state index in [2.05, 4.69) is 31.9 Å². The molecule has 1 aromatic rings. The van der Waals surface area contributed by atoms with Gasteiger partial charge in [0, 0.05) is 16.7 Å². The molecule has 3 N–H and O–H groups in total. The second-order valence-electron chi connectivity index (χ2n) is 5.27. The van der Waals surface area contributed by atoms with Crippen molar-refractivity contribution in [3.63, 3.8) is 0 Å². The molecule has 0 spiro atoms. The van der Waals surface area contributed by atoms with E-state index < -0.39 is 0 Å². The lowest BCUT2D eigenvalue weighted by atomic mass is 9.99. The Morgan fingerprint density at radius 3 is 2.82 bits per heavy atom. The van der Waals surface area contributed by atoms with Gasteiger partial charge in [0.05, 0.1) is 12.5 Å². The van der Waals surface area contributed by atoms with Crippen molar-refractivity contribution in [1.82, 2.24) is 10.6 Å². The SMILES string of the molecule is Cc1cc(Br)ccc1NC(=O)CNC(=O)C1CCCNC1.Cl. The molecule has 5 nitrogen and oxygen atoms in total. The molecule has 2 amide bonds. The Morgan fingerprint density at radius 2 is 2.18 bits per heavy atom. The maximum Gasteiger partial charge on any atom is 0.243 e. The Morgan fingerprint density at radius 1 is 1.41 bits per heavy atom. The van der Waals surface area contributed by atoms with Crippen LogP contribution in [0.5, 0.6) is 0 Å². The lowest BCUT2D eigenvalue weighted by Gasteiger charge is -2.21. The zero-order chi connectivity index (χ0) is 15.2. The smallest absolute Gasteiger partial charge is 0.243 e. The Balaban J connectivity index is 0.00000242. The highest BCUT2D eigenvalue weighted by molar-refractivity contribution is 9.10. The van der Waals surface area contributed by atoms with Crippen molar-refractivity contribution in [3.8, 4) is 0 Å². The summed E-state index contributed by atoms with van der Waals surface area (Å²) in [5.74, 6) is -0.289. The van der Waals surface area contributed by atoms with Crippen LogP contribution in [0, 0.1) is 12.8 Å². The van der Waals surface area contributed by atoms with E-state index in [1.165, 1.54) is 0 Å². The van der Waals surface area contributed by atoms with Crippen LogP contribution in [0.3, 0.4) is 0 Å². The average Bonchev–Trinajstić information content (AvgIpc) is 2.48. The van der Waals surface area contributed by atoms with Gasteiger partial charge in [0.2, 0.25) is 11.8 Å².